The van der Waals surface area contributed by atoms with E-state index in [0.29, 0.717) is 22.6 Å². The number of rotatable bonds is 8. The van der Waals surface area contributed by atoms with Gasteiger partial charge in [0.15, 0.2) is 0 Å². The van der Waals surface area contributed by atoms with E-state index in [1.165, 1.54) is 6.20 Å². The van der Waals surface area contributed by atoms with Crippen molar-refractivity contribution in [3.05, 3.63) is 54.1 Å². The van der Waals surface area contributed by atoms with Crippen molar-refractivity contribution in [2.24, 2.45) is 11.1 Å². The molecule has 2 saturated carbocycles. The van der Waals surface area contributed by atoms with Crippen LogP contribution in [0.25, 0.3) is 5.52 Å². The van der Waals surface area contributed by atoms with Crippen LogP contribution in [0.5, 0.6) is 11.5 Å². The summed E-state index contributed by atoms with van der Waals surface area (Å²) >= 11 is 0. The fourth-order valence-corrected chi connectivity index (χ4v) is 5.01. The summed E-state index contributed by atoms with van der Waals surface area (Å²) in [6.07, 6.45) is 9.82. The number of pyridine rings is 2. The number of primary amides is 1. The molecule has 2 aliphatic carbocycles. The summed E-state index contributed by atoms with van der Waals surface area (Å²) in [6.45, 7) is 3.49. The largest absolute Gasteiger partial charge is 0.489 e. The second-order valence-corrected chi connectivity index (χ2v) is 10.3. The Morgan fingerprint density at radius 3 is 2.69 bits per heavy atom. The van der Waals surface area contributed by atoms with Crippen molar-refractivity contribution in [1.82, 2.24) is 19.9 Å². The number of nitrogens with zero attached hydrogens (tertiary/aromatic N) is 3. The molecule has 10 nitrogen and oxygen atoms in total. The van der Waals surface area contributed by atoms with Crippen LogP contribution in [0.1, 0.15) is 60.2 Å². The first-order chi connectivity index (χ1) is 16.6. The summed E-state index contributed by atoms with van der Waals surface area (Å²) in [7, 11) is 0. The van der Waals surface area contributed by atoms with Crippen LogP contribution < -0.4 is 20.5 Å². The third kappa shape index (κ3) is 4.79. The lowest BCUT2D eigenvalue weighted by Crippen LogP contribution is -2.58. The zero-order valence-corrected chi connectivity index (χ0v) is 19.7. The van der Waals surface area contributed by atoms with E-state index in [1.54, 1.807) is 55.2 Å². The molecular weight excluding hydrogens is 450 g/mol. The molecule has 0 unspecified atom stereocenters. The third-order valence-corrected chi connectivity index (χ3v) is 6.68. The molecule has 5 rings (SSSR count). The third-order valence-electron chi connectivity index (χ3n) is 6.68. The first kappa shape index (κ1) is 23.1. The molecular formula is C25H29N5O5. The summed E-state index contributed by atoms with van der Waals surface area (Å²) in [5, 5.41) is 17.2. The number of amides is 2. The van der Waals surface area contributed by atoms with Crippen molar-refractivity contribution in [3.8, 4) is 11.5 Å². The molecule has 4 N–H and O–H groups in total. The van der Waals surface area contributed by atoms with E-state index < -0.39 is 11.5 Å². The van der Waals surface area contributed by atoms with Crippen LogP contribution in [0.2, 0.25) is 0 Å². The molecule has 35 heavy (non-hydrogen) atoms. The van der Waals surface area contributed by atoms with Crippen LogP contribution in [0.15, 0.2) is 43.0 Å². The van der Waals surface area contributed by atoms with Gasteiger partial charge < -0.3 is 25.6 Å². The Hall–Kier alpha value is -3.66. The van der Waals surface area contributed by atoms with Gasteiger partial charge in [0.05, 0.1) is 40.7 Å². The van der Waals surface area contributed by atoms with Gasteiger partial charge in [0.2, 0.25) is 0 Å². The molecule has 0 bridgehead atoms. The fraction of sp³-hybridized carbons (Fsp3) is 0.440. The van der Waals surface area contributed by atoms with Crippen molar-refractivity contribution < 1.29 is 24.2 Å². The molecule has 0 radical (unpaired) electrons. The van der Waals surface area contributed by atoms with E-state index in [-0.39, 0.29) is 35.6 Å². The fourth-order valence-electron chi connectivity index (χ4n) is 5.01. The smallest absolute Gasteiger partial charge is 0.255 e. The molecule has 3 aromatic rings. The number of carbonyl (C=O) groups is 2. The minimum absolute atomic E-state index is 0.0274. The molecule has 3 heterocycles. The van der Waals surface area contributed by atoms with Crippen molar-refractivity contribution >= 4 is 17.3 Å². The standard InChI is InChI=1S/C25H29N5O5/c1-24(2,33)14-34-16-3-4-20-18(12-28-30(20)13-16)23(32)29-15-7-25(8-15)9-17(10-25)35-21-5-6-27-11-19(21)22(26)31/h3-6,11-13,15,17,33H,7-10,14H2,1-2H3,(H2,26,31)(H,29,32)/t15-,17-,25?. The number of carbonyl (C=O) groups excluding carboxylic acids is 2. The second-order valence-electron chi connectivity index (χ2n) is 10.3. The number of nitrogens with one attached hydrogen (secondary N) is 1. The Bertz CT molecular complexity index is 1270. The number of hydrogen-bond donors (Lipinski definition) is 3. The highest BCUT2D eigenvalue weighted by Gasteiger charge is 2.54. The van der Waals surface area contributed by atoms with Gasteiger partial charge in [-0.25, -0.2) is 4.52 Å². The Morgan fingerprint density at radius 2 is 1.97 bits per heavy atom. The molecule has 184 valence electrons. The minimum atomic E-state index is -0.942. The summed E-state index contributed by atoms with van der Waals surface area (Å²) in [5.41, 5.74) is 6.11. The number of aliphatic hydroxyl groups is 1. The molecule has 2 aliphatic rings. The number of ether oxygens (including phenoxy) is 2. The maximum atomic E-state index is 12.9. The molecule has 0 aliphatic heterocycles. The lowest BCUT2D eigenvalue weighted by Gasteiger charge is -2.57. The predicted octanol–water partition coefficient (Wildman–Crippen LogP) is 2.10. The van der Waals surface area contributed by atoms with E-state index in [0.717, 1.165) is 25.7 Å². The van der Waals surface area contributed by atoms with Crippen molar-refractivity contribution in [2.45, 2.75) is 57.3 Å². The average molecular weight is 480 g/mol. The second kappa shape index (κ2) is 8.53. The monoisotopic (exact) mass is 479 g/mol. The average Bonchev–Trinajstić information content (AvgIpc) is 3.17. The Balaban J connectivity index is 1.13. The van der Waals surface area contributed by atoms with Gasteiger partial charge in [0.1, 0.15) is 18.1 Å². The molecule has 0 aromatic carbocycles. The van der Waals surface area contributed by atoms with E-state index in [1.807, 2.05) is 0 Å². The molecule has 0 atom stereocenters. The molecule has 3 aromatic heterocycles. The highest BCUT2D eigenvalue weighted by molar-refractivity contribution is 6.00. The molecule has 1 spiro atoms. The lowest BCUT2D eigenvalue weighted by molar-refractivity contribution is -0.0834. The minimum Gasteiger partial charge on any atom is -0.489 e. The molecule has 10 heteroatoms. The zero-order valence-electron chi connectivity index (χ0n) is 19.7. The maximum Gasteiger partial charge on any atom is 0.255 e. The Morgan fingerprint density at radius 1 is 1.20 bits per heavy atom. The molecule has 2 amide bonds. The Kier molecular flexibility index (Phi) is 5.63. The predicted molar refractivity (Wildman–Crippen MR) is 126 cm³/mol. The summed E-state index contributed by atoms with van der Waals surface area (Å²) in [6, 6.07) is 5.32. The molecule has 2 fully saturated rings. The van der Waals surface area contributed by atoms with Crippen LogP contribution in [-0.4, -0.2) is 55.9 Å². The van der Waals surface area contributed by atoms with Gasteiger partial charge >= 0.3 is 0 Å². The number of aromatic nitrogens is 3. The Labute approximate surface area is 202 Å². The van der Waals surface area contributed by atoms with Crippen molar-refractivity contribution in [1.29, 1.82) is 0 Å². The van der Waals surface area contributed by atoms with Gasteiger partial charge in [-0.3, -0.25) is 14.6 Å². The first-order valence-electron chi connectivity index (χ1n) is 11.6. The number of fused-ring (bicyclic) bond motifs is 1. The van der Waals surface area contributed by atoms with Gasteiger partial charge in [0, 0.05) is 18.4 Å². The zero-order chi connectivity index (χ0) is 24.8. The van der Waals surface area contributed by atoms with Gasteiger partial charge in [-0.2, -0.15) is 5.10 Å². The van der Waals surface area contributed by atoms with Crippen LogP contribution in [0.3, 0.4) is 0 Å². The normalized spacial score (nSPS) is 23.4. The van der Waals surface area contributed by atoms with Gasteiger partial charge in [-0.1, -0.05) is 0 Å². The topological polar surface area (TPSA) is 141 Å². The molecule has 0 saturated heterocycles. The van der Waals surface area contributed by atoms with Crippen LogP contribution in [0, 0.1) is 5.41 Å². The highest BCUT2D eigenvalue weighted by atomic mass is 16.5. The summed E-state index contributed by atoms with van der Waals surface area (Å²) < 4.78 is 13.2. The van der Waals surface area contributed by atoms with Crippen LogP contribution >= 0.6 is 0 Å². The van der Waals surface area contributed by atoms with Gasteiger partial charge in [-0.05, 0) is 63.1 Å². The first-order valence-corrected chi connectivity index (χ1v) is 11.6. The lowest BCUT2D eigenvalue weighted by atomic mass is 9.53. The number of nitrogens with two attached hydrogens (primary N) is 1. The van der Waals surface area contributed by atoms with Gasteiger partial charge in [-0.15, -0.1) is 0 Å². The SMILES string of the molecule is CC(C)(O)COc1ccc2c(C(=O)N[C@H]3CC4(C3)C[C@H](Oc3ccncc3C(N)=O)C4)cnn2c1. The van der Waals surface area contributed by atoms with Crippen LogP contribution in [0.4, 0.5) is 0 Å². The summed E-state index contributed by atoms with van der Waals surface area (Å²) in [5.74, 6) is 0.324. The van der Waals surface area contributed by atoms with E-state index >= 15 is 0 Å². The summed E-state index contributed by atoms with van der Waals surface area (Å²) in [4.78, 5) is 28.4. The van der Waals surface area contributed by atoms with Gasteiger partial charge in [0.25, 0.3) is 11.8 Å². The number of hydrogen-bond acceptors (Lipinski definition) is 7. The maximum absolute atomic E-state index is 12.9. The van der Waals surface area contributed by atoms with Crippen molar-refractivity contribution in [2.75, 3.05) is 6.61 Å². The van der Waals surface area contributed by atoms with E-state index in [4.69, 9.17) is 15.2 Å². The van der Waals surface area contributed by atoms with E-state index in [9.17, 15) is 14.7 Å². The quantitative estimate of drug-likeness (QED) is 0.449. The highest BCUT2D eigenvalue weighted by Crippen LogP contribution is 2.56. The van der Waals surface area contributed by atoms with Crippen LogP contribution in [-0.2, 0) is 0 Å². The van der Waals surface area contributed by atoms with E-state index in [2.05, 4.69) is 15.4 Å². The van der Waals surface area contributed by atoms with Crippen molar-refractivity contribution in [3.63, 3.8) is 0 Å².